The lowest BCUT2D eigenvalue weighted by molar-refractivity contribution is -0.00466. The number of halogens is 1. The first-order valence-corrected chi connectivity index (χ1v) is 7.55. The Balaban J connectivity index is 0.00000242. The van der Waals surface area contributed by atoms with E-state index in [2.05, 4.69) is 38.1 Å². The summed E-state index contributed by atoms with van der Waals surface area (Å²) in [5, 5.41) is 11.4. The molecule has 1 N–H and O–H groups in total. The Hall–Kier alpha value is -1.35. The van der Waals surface area contributed by atoms with Gasteiger partial charge in [-0.2, -0.15) is 0 Å². The van der Waals surface area contributed by atoms with E-state index in [0.29, 0.717) is 6.42 Å². The molecule has 0 aliphatic carbocycles. The molecule has 0 aliphatic rings. The van der Waals surface area contributed by atoms with Crippen molar-refractivity contribution in [3.63, 3.8) is 0 Å². The molecule has 2 unspecified atom stereocenters. The Morgan fingerprint density at radius 3 is 1.91 bits per heavy atom. The largest absolute Gasteiger partial charge is 0.384 e. The van der Waals surface area contributed by atoms with Crippen molar-refractivity contribution in [2.75, 3.05) is 20.6 Å². The van der Waals surface area contributed by atoms with E-state index >= 15 is 0 Å². The summed E-state index contributed by atoms with van der Waals surface area (Å²) in [5.74, 6) is 0.0427. The fourth-order valence-corrected chi connectivity index (χ4v) is 2.96. The Bertz CT molecular complexity index is 544. The van der Waals surface area contributed by atoms with Crippen LogP contribution in [0.15, 0.2) is 60.7 Å². The van der Waals surface area contributed by atoms with E-state index in [9.17, 15) is 5.11 Å². The topological polar surface area (TPSA) is 23.5 Å². The van der Waals surface area contributed by atoms with Crippen LogP contribution in [0.4, 0.5) is 0 Å². The SMILES string of the molecule is CCC(O)(c1ccccc1)C(CN(C)C)c1ccccc1.Cl. The molecule has 0 bridgehead atoms. The molecule has 0 spiro atoms. The lowest BCUT2D eigenvalue weighted by Crippen LogP contribution is -2.38. The van der Waals surface area contributed by atoms with Gasteiger partial charge in [-0.3, -0.25) is 0 Å². The van der Waals surface area contributed by atoms with Crippen LogP contribution in [0, 0.1) is 0 Å². The first-order valence-electron chi connectivity index (χ1n) is 7.55. The van der Waals surface area contributed by atoms with Gasteiger partial charge < -0.3 is 10.0 Å². The maximum absolute atomic E-state index is 11.4. The normalized spacial score (nSPS) is 15.0. The average molecular weight is 320 g/mol. The molecule has 2 aromatic rings. The van der Waals surface area contributed by atoms with E-state index in [1.807, 2.05) is 48.5 Å². The number of aliphatic hydroxyl groups is 1. The molecule has 22 heavy (non-hydrogen) atoms. The minimum atomic E-state index is -0.854. The molecule has 2 aromatic carbocycles. The highest BCUT2D eigenvalue weighted by Crippen LogP contribution is 2.39. The minimum Gasteiger partial charge on any atom is -0.384 e. The van der Waals surface area contributed by atoms with E-state index in [-0.39, 0.29) is 18.3 Å². The van der Waals surface area contributed by atoms with Gasteiger partial charge in [-0.15, -0.1) is 12.4 Å². The molecule has 0 saturated carbocycles. The predicted octanol–water partition coefficient (Wildman–Crippen LogP) is 4.05. The van der Waals surface area contributed by atoms with Crippen LogP contribution < -0.4 is 0 Å². The maximum Gasteiger partial charge on any atom is 0.0974 e. The molecule has 2 rings (SSSR count). The zero-order chi connectivity index (χ0) is 15.3. The zero-order valence-corrected chi connectivity index (χ0v) is 14.4. The van der Waals surface area contributed by atoms with Gasteiger partial charge >= 0.3 is 0 Å². The summed E-state index contributed by atoms with van der Waals surface area (Å²) in [6.07, 6.45) is 0.685. The molecule has 0 saturated heterocycles. The number of rotatable bonds is 6. The number of nitrogens with zero attached hydrogens (tertiary/aromatic N) is 1. The van der Waals surface area contributed by atoms with E-state index < -0.39 is 5.60 Å². The van der Waals surface area contributed by atoms with Crippen LogP contribution in [0.25, 0.3) is 0 Å². The highest BCUT2D eigenvalue weighted by atomic mass is 35.5. The molecule has 0 fully saturated rings. The summed E-state index contributed by atoms with van der Waals surface area (Å²) in [5.41, 5.74) is 1.31. The zero-order valence-electron chi connectivity index (χ0n) is 13.6. The van der Waals surface area contributed by atoms with Crippen LogP contribution in [0.5, 0.6) is 0 Å². The summed E-state index contributed by atoms with van der Waals surface area (Å²) in [7, 11) is 4.11. The lowest BCUT2D eigenvalue weighted by Gasteiger charge is -2.38. The second-order valence-electron chi connectivity index (χ2n) is 5.87. The molecule has 120 valence electrons. The van der Waals surface area contributed by atoms with Crippen molar-refractivity contribution in [2.45, 2.75) is 24.9 Å². The van der Waals surface area contributed by atoms with Crippen molar-refractivity contribution >= 4 is 12.4 Å². The monoisotopic (exact) mass is 319 g/mol. The summed E-state index contributed by atoms with van der Waals surface area (Å²) in [4.78, 5) is 2.14. The summed E-state index contributed by atoms with van der Waals surface area (Å²) in [6, 6.07) is 20.3. The molecule has 0 heterocycles. The van der Waals surface area contributed by atoms with E-state index in [0.717, 1.165) is 12.1 Å². The molecule has 2 atom stereocenters. The van der Waals surface area contributed by atoms with Gasteiger partial charge in [0, 0.05) is 12.5 Å². The molecule has 0 aromatic heterocycles. The first kappa shape index (κ1) is 18.7. The second-order valence-corrected chi connectivity index (χ2v) is 5.87. The first-order chi connectivity index (χ1) is 10.1. The van der Waals surface area contributed by atoms with Crippen molar-refractivity contribution in [3.05, 3.63) is 71.8 Å². The Morgan fingerprint density at radius 1 is 0.955 bits per heavy atom. The minimum absolute atomic E-state index is 0. The fourth-order valence-electron chi connectivity index (χ4n) is 2.96. The third kappa shape index (κ3) is 4.10. The summed E-state index contributed by atoms with van der Waals surface area (Å²) in [6.45, 7) is 2.86. The van der Waals surface area contributed by atoms with Crippen molar-refractivity contribution in [2.24, 2.45) is 0 Å². The van der Waals surface area contributed by atoms with Gasteiger partial charge in [0.25, 0.3) is 0 Å². The van der Waals surface area contributed by atoms with Crippen LogP contribution in [-0.2, 0) is 5.60 Å². The Kier molecular flexibility index (Phi) is 7.08. The smallest absolute Gasteiger partial charge is 0.0974 e. The van der Waals surface area contributed by atoms with Crippen LogP contribution in [0.2, 0.25) is 0 Å². The molecule has 0 aliphatic heterocycles. The fraction of sp³-hybridized carbons (Fsp3) is 0.368. The van der Waals surface area contributed by atoms with Gasteiger partial charge in [-0.25, -0.2) is 0 Å². The second kappa shape index (κ2) is 8.33. The van der Waals surface area contributed by atoms with Gasteiger partial charge in [-0.05, 0) is 31.6 Å². The molecular weight excluding hydrogens is 294 g/mol. The third-order valence-electron chi connectivity index (χ3n) is 4.14. The highest BCUT2D eigenvalue weighted by molar-refractivity contribution is 5.85. The number of benzene rings is 2. The van der Waals surface area contributed by atoms with Gasteiger partial charge in [0.05, 0.1) is 5.60 Å². The molecule has 3 heteroatoms. The standard InChI is InChI=1S/C19H25NO.ClH/c1-4-19(21,17-13-9-6-10-14-17)18(15-20(2)3)16-11-7-5-8-12-16;/h5-14,18,21H,4,15H2,1-3H3;1H. The van der Waals surface area contributed by atoms with Gasteiger partial charge in [0.1, 0.15) is 0 Å². The average Bonchev–Trinajstić information content (AvgIpc) is 2.53. The summed E-state index contributed by atoms with van der Waals surface area (Å²) < 4.78 is 0. The Morgan fingerprint density at radius 2 is 1.45 bits per heavy atom. The lowest BCUT2D eigenvalue weighted by atomic mass is 9.75. The molecule has 2 nitrogen and oxygen atoms in total. The number of hydrogen-bond donors (Lipinski definition) is 1. The van der Waals surface area contributed by atoms with E-state index in [1.54, 1.807) is 0 Å². The number of hydrogen-bond acceptors (Lipinski definition) is 2. The number of likely N-dealkylation sites (N-methyl/N-ethyl adjacent to an activating group) is 1. The quantitative estimate of drug-likeness (QED) is 0.868. The third-order valence-corrected chi connectivity index (χ3v) is 4.14. The van der Waals surface area contributed by atoms with Crippen LogP contribution in [-0.4, -0.2) is 30.6 Å². The predicted molar refractivity (Wildman–Crippen MR) is 95.6 cm³/mol. The molecule has 0 amide bonds. The van der Waals surface area contributed by atoms with Crippen molar-refractivity contribution in [1.29, 1.82) is 0 Å². The highest BCUT2D eigenvalue weighted by Gasteiger charge is 2.37. The summed E-state index contributed by atoms with van der Waals surface area (Å²) >= 11 is 0. The maximum atomic E-state index is 11.4. The molecule has 0 radical (unpaired) electrons. The van der Waals surface area contributed by atoms with Crippen LogP contribution >= 0.6 is 12.4 Å². The van der Waals surface area contributed by atoms with Crippen LogP contribution in [0.1, 0.15) is 30.4 Å². The van der Waals surface area contributed by atoms with Gasteiger partial charge in [-0.1, -0.05) is 67.6 Å². The van der Waals surface area contributed by atoms with Crippen molar-refractivity contribution < 1.29 is 5.11 Å². The molecular formula is C19H26ClNO. The van der Waals surface area contributed by atoms with E-state index in [4.69, 9.17) is 0 Å². The van der Waals surface area contributed by atoms with Gasteiger partial charge in [0.15, 0.2) is 0 Å². The van der Waals surface area contributed by atoms with Crippen molar-refractivity contribution in [1.82, 2.24) is 4.90 Å². The van der Waals surface area contributed by atoms with E-state index in [1.165, 1.54) is 5.56 Å². The van der Waals surface area contributed by atoms with Gasteiger partial charge in [0.2, 0.25) is 0 Å². The van der Waals surface area contributed by atoms with Crippen LogP contribution in [0.3, 0.4) is 0 Å². The van der Waals surface area contributed by atoms with Crippen molar-refractivity contribution in [3.8, 4) is 0 Å². The Labute approximate surface area is 140 Å².